The minimum Gasteiger partial charge on any atom is -0.370 e. The molecule has 136 valence electrons. The maximum Gasteiger partial charge on any atom is 0.217 e. The van der Waals surface area contributed by atoms with E-state index in [2.05, 4.69) is 4.98 Å². The van der Waals surface area contributed by atoms with Crippen LogP contribution in [0.15, 0.2) is 46.2 Å². The summed E-state index contributed by atoms with van der Waals surface area (Å²) in [6.07, 6.45) is 0.261. The van der Waals surface area contributed by atoms with Gasteiger partial charge in [0.1, 0.15) is 4.90 Å². The Morgan fingerprint density at radius 2 is 1.77 bits per heavy atom. The highest BCUT2D eigenvalue weighted by Crippen LogP contribution is 2.34. The van der Waals surface area contributed by atoms with E-state index in [9.17, 15) is 13.2 Å². The largest absolute Gasteiger partial charge is 0.370 e. The summed E-state index contributed by atoms with van der Waals surface area (Å²) < 4.78 is 26.8. The number of hydrogen-bond acceptors (Lipinski definition) is 3. The van der Waals surface area contributed by atoms with E-state index >= 15 is 0 Å². The molecule has 0 radical (unpaired) electrons. The van der Waals surface area contributed by atoms with E-state index in [1.165, 1.54) is 0 Å². The molecule has 26 heavy (non-hydrogen) atoms. The van der Waals surface area contributed by atoms with Gasteiger partial charge < -0.3 is 10.7 Å². The van der Waals surface area contributed by atoms with Gasteiger partial charge in [0.15, 0.2) is 0 Å². The molecule has 0 spiro atoms. The number of nitrogens with two attached hydrogens (primary N) is 1. The van der Waals surface area contributed by atoms with Crippen molar-refractivity contribution in [2.45, 2.75) is 36.5 Å². The van der Waals surface area contributed by atoms with Crippen molar-refractivity contribution in [2.24, 2.45) is 5.73 Å². The fourth-order valence-electron chi connectivity index (χ4n) is 3.13. The SMILES string of the molecule is Cc1cc(C)cc(S(=O)(=O)c2c(CCC(N)=O)[nH]c3ccc(Cl)cc23)c1. The van der Waals surface area contributed by atoms with Crippen LogP contribution in [0.1, 0.15) is 23.2 Å². The number of amides is 1. The molecule has 3 aromatic rings. The number of benzene rings is 2. The Kier molecular flexibility index (Phi) is 4.82. The molecule has 0 aliphatic rings. The average Bonchev–Trinajstić information content (AvgIpc) is 2.90. The molecule has 0 aliphatic heterocycles. The zero-order chi connectivity index (χ0) is 19.1. The van der Waals surface area contributed by atoms with Crippen molar-refractivity contribution in [2.75, 3.05) is 0 Å². The van der Waals surface area contributed by atoms with Gasteiger partial charge in [-0.1, -0.05) is 17.7 Å². The monoisotopic (exact) mass is 390 g/mol. The molecule has 0 saturated heterocycles. The second kappa shape index (κ2) is 6.78. The molecule has 0 saturated carbocycles. The summed E-state index contributed by atoms with van der Waals surface area (Å²) >= 11 is 6.09. The fraction of sp³-hybridized carbons (Fsp3) is 0.211. The van der Waals surface area contributed by atoms with E-state index in [1.807, 2.05) is 19.9 Å². The van der Waals surface area contributed by atoms with Crippen molar-refractivity contribution in [1.82, 2.24) is 4.98 Å². The fourth-order valence-corrected chi connectivity index (χ4v) is 5.16. The van der Waals surface area contributed by atoms with Gasteiger partial charge in [-0.25, -0.2) is 8.42 Å². The van der Waals surface area contributed by atoms with Crippen molar-refractivity contribution < 1.29 is 13.2 Å². The maximum absolute atomic E-state index is 13.4. The normalized spacial score (nSPS) is 11.8. The van der Waals surface area contributed by atoms with Gasteiger partial charge in [-0.15, -0.1) is 0 Å². The number of aryl methyl sites for hydroxylation is 3. The minimum absolute atomic E-state index is 0.0515. The molecule has 1 aromatic heterocycles. The first-order valence-electron chi connectivity index (χ1n) is 8.10. The lowest BCUT2D eigenvalue weighted by Gasteiger charge is -2.09. The Morgan fingerprint density at radius 1 is 1.12 bits per heavy atom. The van der Waals surface area contributed by atoms with E-state index < -0.39 is 15.7 Å². The van der Waals surface area contributed by atoms with Crippen LogP contribution < -0.4 is 5.73 Å². The summed E-state index contributed by atoms with van der Waals surface area (Å²) in [6, 6.07) is 10.2. The third kappa shape index (κ3) is 3.48. The number of carbonyl (C=O) groups excluding carboxylic acids is 1. The van der Waals surface area contributed by atoms with Gasteiger partial charge in [0.05, 0.1) is 4.90 Å². The Morgan fingerprint density at radius 3 is 2.38 bits per heavy atom. The number of fused-ring (bicyclic) bond motifs is 1. The van der Waals surface area contributed by atoms with Gasteiger partial charge in [0.2, 0.25) is 15.7 Å². The van der Waals surface area contributed by atoms with Crippen LogP contribution in [0, 0.1) is 13.8 Å². The summed E-state index contributed by atoms with van der Waals surface area (Å²) in [5.41, 5.74) is 8.08. The number of sulfone groups is 1. The topological polar surface area (TPSA) is 93.0 Å². The number of carbonyl (C=O) groups is 1. The quantitative estimate of drug-likeness (QED) is 0.695. The third-order valence-electron chi connectivity index (χ3n) is 4.18. The predicted molar refractivity (Wildman–Crippen MR) is 102 cm³/mol. The highest BCUT2D eigenvalue weighted by atomic mass is 35.5. The van der Waals surface area contributed by atoms with Gasteiger partial charge in [-0.3, -0.25) is 4.79 Å². The molecule has 0 fully saturated rings. The standard InChI is InChI=1S/C19H19ClN2O3S/c1-11-7-12(2)9-14(8-11)26(24,25)19-15-10-13(20)3-4-16(15)22-17(19)5-6-18(21)23/h3-4,7-10,22H,5-6H2,1-2H3,(H2,21,23). The number of nitrogens with one attached hydrogen (secondary N) is 1. The lowest BCUT2D eigenvalue weighted by molar-refractivity contribution is -0.118. The summed E-state index contributed by atoms with van der Waals surface area (Å²) in [5, 5.41) is 0.950. The molecule has 0 bridgehead atoms. The van der Waals surface area contributed by atoms with Crippen LogP contribution in [0.25, 0.3) is 10.9 Å². The minimum atomic E-state index is -3.80. The second-order valence-electron chi connectivity index (χ2n) is 6.42. The summed E-state index contributed by atoms with van der Waals surface area (Å²) in [6.45, 7) is 3.71. The third-order valence-corrected chi connectivity index (χ3v) is 6.28. The average molecular weight is 391 g/mol. The van der Waals surface area contributed by atoms with E-state index in [4.69, 9.17) is 17.3 Å². The van der Waals surface area contributed by atoms with E-state index in [1.54, 1.807) is 30.3 Å². The van der Waals surface area contributed by atoms with Gasteiger partial charge >= 0.3 is 0 Å². The number of halogens is 1. The lowest BCUT2D eigenvalue weighted by Crippen LogP contribution is -2.13. The number of aromatic nitrogens is 1. The molecule has 3 N–H and O–H groups in total. The smallest absolute Gasteiger partial charge is 0.217 e. The Hall–Kier alpha value is -2.31. The molecule has 1 heterocycles. The van der Waals surface area contributed by atoms with Gasteiger partial charge in [0.25, 0.3) is 0 Å². The molecular formula is C19H19ClN2O3S. The van der Waals surface area contributed by atoms with Crippen molar-refractivity contribution in [3.63, 3.8) is 0 Å². The van der Waals surface area contributed by atoms with Crippen molar-refractivity contribution in [3.05, 3.63) is 58.2 Å². The highest BCUT2D eigenvalue weighted by Gasteiger charge is 2.27. The predicted octanol–water partition coefficient (Wildman–Crippen LogP) is 3.69. The summed E-state index contributed by atoms with van der Waals surface area (Å²) in [5.74, 6) is -0.489. The van der Waals surface area contributed by atoms with Crippen LogP contribution in [0.4, 0.5) is 0 Å². The molecular weight excluding hydrogens is 372 g/mol. The van der Waals surface area contributed by atoms with Crippen LogP contribution in [-0.4, -0.2) is 19.3 Å². The summed E-state index contributed by atoms with van der Waals surface area (Å²) in [4.78, 5) is 14.7. The molecule has 1 amide bonds. The van der Waals surface area contributed by atoms with Gasteiger partial charge in [-0.2, -0.15) is 0 Å². The Bertz CT molecular complexity index is 1100. The first kappa shape index (κ1) is 18.5. The molecule has 0 aliphatic carbocycles. The molecule has 2 aromatic carbocycles. The lowest BCUT2D eigenvalue weighted by atomic mass is 10.2. The number of rotatable bonds is 5. The van der Waals surface area contributed by atoms with E-state index in [0.29, 0.717) is 21.6 Å². The first-order valence-corrected chi connectivity index (χ1v) is 9.96. The number of H-pyrrole nitrogens is 1. The second-order valence-corrected chi connectivity index (χ2v) is 8.74. The van der Waals surface area contributed by atoms with Crippen LogP contribution in [0.3, 0.4) is 0 Å². The van der Waals surface area contributed by atoms with Crippen LogP contribution in [0.2, 0.25) is 5.02 Å². The molecule has 0 atom stereocenters. The van der Waals surface area contributed by atoms with Crippen molar-refractivity contribution in [3.8, 4) is 0 Å². The van der Waals surface area contributed by atoms with Crippen molar-refractivity contribution in [1.29, 1.82) is 0 Å². The van der Waals surface area contributed by atoms with E-state index in [0.717, 1.165) is 11.1 Å². The summed E-state index contributed by atoms with van der Waals surface area (Å²) in [7, 11) is -3.80. The first-order chi connectivity index (χ1) is 12.2. The highest BCUT2D eigenvalue weighted by molar-refractivity contribution is 7.91. The zero-order valence-electron chi connectivity index (χ0n) is 14.5. The van der Waals surface area contributed by atoms with Gasteiger partial charge in [-0.05, 0) is 61.7 Å². The Labute approximate surface area is 157 Å². The number of hydrogen-bond donors (Lipinski definition) is 2. The molecule has 7 heteroatoms. The van der Waals surface area contributed by atoms with E-state index in [-0.39, 0.29) is 22.6 Å². The van der Waals surface area contributed by atoms with Crippen LogP contribution >= 0.6 is 11.6 Å². The van der Waals surface area contributed by atoms with Crippen LogP contribution in [0.5, 0.6) is 0 Å². The molecule has 5 nitrogen and oxygen atoms in total. The zero-order valence-corrected chi connectivity index (χ0v) is 16.0. The van der Waals surface area contributed by atoms with Crippen LogP contribution in [-0.2, 0) is 21.1 Å². The molecule has 0 unspecified atom stereocenters. The number of aromatic amines is 1. The maximum atomic E-state index is 13.4. The van der Waals surface area contributed by atoms with Crippen molar-refractivity contribution >= 4 is 38.2 Å². The number of primary amides is 1. The molecule has 3 rings (SSSR count). The van der Waals surface area contributed by atoms with Gasteiger partial charge in [0, 0.05) is 28.0 Å². The Balaban J connectivity index is 2.28.